The van der Waals surface area contributed by atoms with Crippen molar-refractivity contribution in [3.05, 3.63) is 39.9 Å². The molecule has 1 rings (SSSR count). The van der Waals surface area contributed by atoms with E-state index in [1.807, 2.05) is 0 Å². The van der Waals surface area contributed by atoms with E-state index in [9.17, 15) is 24.5 Å². The third kappa shape index (κ3) is 5.87. The zero-order chi connectivity index (χ0) is 19.2. The van der Waals surface area contributed by atoms with Crippen molar-refractivity contribution in [2.24, 2.45) is 0 Å². The highest BCUT2D eigenvalue weighted by Crippen LogP contribution is 2.22. The molecule has 0 aliphatic heterocycles. The number of carbonyl (C=O) groups excluding carboxylic acids is 3. The van der Waals surface area contributed by atoms with Crippen molar-refractivity contribution in [3.63, 3.8) is 0 Å². The van der Waals surface area contributed by atoms with E-state index in [4.69, 9.17) is 9.47 Å². The smallest absolute Gasteiger partial charge is 0.462 e. The molecule has 9 heteroatoms. The molecule has 1 amide bonds. The van der Waals surface area contributed by atoms with Gasteiger partial charge in [-0.1, -0.05) is 6.07 Å². The summed E-state index contributed by atoms with van der Waals surface area (Å²) in [6.45, 7) is 6.03. The number of carbonyl (C=O) groups is 3. The van der Waals surface area contributed by atoms with E-state index in [-0.39, 0.29) is 35.1 Å². The third-order valence-electron chi connectivity index (χ3n) is 2.98. The first-order valence-electron chi connectivity index (χ1n) is 7.51. The number of hydrogen-bond donors (Lipinski definition) is 0. The number of ketones is 1. The maximum atomic E-state index is 12.2. The number of hydrazine groups is 1. The summed E-state index contributed by atoms with van der Waals surface area (Å²) < 4.78 is 9.91. The first kappa shape index (κ1) is 20.1. The molecule has 0 radical (unpaired) electrons. The molecule has 0 spiro atoms. The second-order valence-electron chi connectivity index (χ2n) is 5.83. The standard InChI is InChI=1S/C16H20N2O7/c1-5-24-14(20)12-7-6-8-13(9-12)17(18(22)23)15(21)25-16(3,4)10-11(2)19/h6-9H,5,10H2,1-4H3. The highest BCUT2D eigenvalue weighted by molar-refractivity contribution is 5.92. The van der Waals surface area contributed by atoms with Crippen LogP contribution in [-0.4, -0.2) is 35.1 Å². The van der Waals surface area contributed by atoms with Crippen LogP contribution in [0.2, 0.25) is 0 Å². The molecular weight excluding hydrogens is 332 g/mol. The predicted molar refractivity (Wildman–Crippen MR) is 87.7 cm³/mol. The Morgan fingerprint density at radius 3 is 2.44 bits per heavy atom. The van der Waals surface area contributed by atoms with Gasteiger partial charge in [0, 0.05) is 11.4 Å². The fraction of sp³-hybridized carbons (Fsp3) is 0.438. The lowest BCUT2D eigenvalue weighted by Crippen LogP contribution is -2.42. The minimum Gasteiger partial charge on any atom is -0.462 e. The van der Waals surface area contributed by atoms with E-state index in [1.165, 1.54) is 39.0 Å². The molecule has 0 unspecified atom stereocenters. The highest BCUT2D eigenvalue weighted by Gasteiger charge is 2.35. The monoisotopic (exact) mass is 352 g/mol. The minimum atomic E-state index is -1.27. The first-order chi connectivity index (χ1) is 11.6. The van der Waals surface area contributed by atoms with Gasteiger partial charge in [0.05, 0.1) is 12.2 Å². The molecule has 0 N–H and O–H groups in total. The Bertz CT molecular complexity index is 685. The summed E-state index contributed by atoms with van der Waals surface area (Å²) in [7, 11) is 0. The summed E-state index contributed by atoms with van der Waals surface area (Å²) in [5.74, 6) is -0.896. The van der Waals surface area contributed by atoms with Gasteiger partial charge >= 0.3 is 12.1 Å². The number of ether oxygens (including phenoxy) is 2. The number of amides is 1. The Hall–Kier alpha value is -2.97. The predicted octanol–water partition coefficient (Wildman–Crippen LogP) is 2.76. The van der Waals surface area contributed by atoms with E-state index in [0.717, 1.165) is 6.07 Å². The van der Waals surface area contributed by atoms with E-state index >= 15 is 0 Å². The summed E-state index contributed by atoms with van der Waals surface area (Å²) in [4.78, 5) is 46.5. The number of rotatable bonds is 7. The number of nitrogens with zero attached hydrogens (tertiary/aromatic N) is 2. The van der Waals surface area contributed by atoms with Crippen LogP contribution in [0.15, 0.2) is 24.3 Å². The number of benzene rings is 1. The molecule has 0 saturated carbocycles. The van der Waals surface area contributed by atoms with Crippen LogP contribution in [-0.2, 0) is 14.3 Å². The third-order valence-corrected chi connectivity index (χ3v) is 2.98. The maximum Gasteiger partial charge on any atom is 0.473 e. The topological polar surface area (TPSA) is 116 Å². The van der Waals surface area contributed by atoms with Crippen LogP contribution in [0, 0.1) is 10.1 Å². The Labute approximate surface area is 144 Å². The fourth-order valence-corrected chi connectivity index (χ4v) is 2.16. The molecule has 1 aromatic carbocycles. The zero-order valence-corrected chi connectivity index (χ0v) is 14.5. The number of anilines is 1. The molecule has 136 valence electrons. The largest absolute Gasteiger partial charge is 0.473 e. The number of esters is 1. The Kier molecular flexibility index (Phi) is 6.60. The van der Waals surface area contributed by atoms with E-state index in [2.05, 4.69) is 0 Å². The molecular formula is C16H20N2O7. The van der Waals surface area contributed by atoms with Gasteiger partial charge in [-0.05, 0) is 45.9 Å². The van der Waals surface area contributed by atoms with Gasteiger partial charge in [-0.3, -0.25) is 4.79 Å². The Morgan fingerprint density at radius 1 is 1.28 bits per heavy atom. The van der Waals surface area contributed by atoms with Gasteiger partial charge in [0.15, 0.2) is 5.03 Å². The highest BCUT2D eigenvalue weighted by atomic mass is 16.7. The molecule has 0 bridgehead atoms. The van der Waals surface area contributed by atoms with Gasteiger partial charge in [-0.2, -0.15) is 0 Å². The average molecular weight is 352 g/mol. The second kappa shape index (κ2) is 8.22. The van der Waals surface area contributed by atoms with Gasteiger partial charge in [0.25, 0.3) is 0 Å². The molecule has 0 atom stereocenters. The molecule has 0 saturated heterocycles. The lowest BCUT2D eigenvalue weighted by Gasteiger charge is -2.25. The van der Waals surface area contributed by atoms with Crippen molar-refractivity contribution in [1.29, 1.82) is 0 Å². The lowest BCUT2D eigenvalue weighted by atomic mass is 10.0. The SMILES string of the molecule is CCOC(=O)c1cccc(N(C(=O)OC(C)(C)CC(C)=O)[N+](=O)[O-])c1. The van der Waals surface area contributed by atoms with E-state index in [1.54, 1.807) is 6.92 Å². The van der Waals surface area contributed by atoms with Crippen LogP contribution in [0.1, 0.15) is 44.5 Å². The Balaban J connectivity index is 3.10. The molecule has 0 aliphatic carbocycles. The molecule has 1 aromatic rings. The summed E-state index contributed by atoms with van der Waals surface area (Å²) >= 11 is 0. The first-order valence-corrected chi connectivity index (χ1v) is 7.51. The van der Waals surface area contributed by atoms with Crippen molar-refractivity contribution >= 4 is 23.5 Å². The maximum absolute atomic E-state index is 12.2. The van der Waals surface area contributed by atoms with Crippen LogP contribution in [0.5, 0.6) is 0 Å². The van der Waals surface area contributed by atoms with Crippen molar-refractivity contribution in [3.8, 4) is 0 Å². The van der Waals surface area contributed by atoms with Gasteiger partial charge in [-0.15, -0.1) is 0 Å². The van der Waals surface area contributed by atoms with Gasteiger partial charge in [0.2, 0.25) is 0 Å². The summed E-state index contributed by atoms with van der Waals surface area (Å²) in [6, 6.07) is 5.22. The van der Waals surface area contributed by atoms with Crippen molar-refractivity contribution in [1.82, 2.24) is 0 Å². The molecule has 9 nitrogen and oxygen atoms in total. The van der Waals surface area contributed by atoms with Crippen LogP contribution >= 0.6 is 0 Å². The van der Waals surface area contributed by atoms with Crippen molar-refractivity contribution < 1.29 is 28.9 Å². The number of nitro groups is 1. The second-order valence-corrected chi connectivity index (χ2v) is 5.83. The number of hydrogen-bond acceptors (Lipinski definition) is 7. The van der Waals surface area contributed by atoms with Crippen LogP contribution in [0.3, 0.4) is 0 Å². The normalized spacial score (nSPS) is 10.7. The molecule has 0 heterocycles. The zero-order valence-electron chi connectivity index (χ0n) is 14.5. The summed E-state index contributed by atoms with van der Waals surface area (Å²) in [5.41, 5.74) is -1.32. The van der Waals surface area contributed by atoms with Crippen LogP contribution in [0.25, 0.3) is 0 Å². The minimum absolute atomic E-state index is 0.0574. The quantitative estimate of drug-likeness (QED) is 0.421. The lowest BCUT2D eigenvalue weighted by molar-refractivity contribution is -0.484. The van der Waals surface area contributed by atoms with E-state index in [0.29, 0.717) is 0 Å². The summed E-state index contributed by atoms with van der Waals surface area (Å²) in [6.07, 6.45) is -1.36. The van der Waals surface area contributed by atoms with Crippen molar-refractivity contribution in [2.45, 2.75) is 39.7 Å². The molecule has 25 heavy (non-hydrogen) atoms. The molecule has 0 aromatic heterocycles. The van der Waals surface area contributed by atoms with Gasteiger partial charge in [0.1, 0.15) is 17.1 Å². The van der Waals surface area contributed by atoms with Crippen LogP contribution < -0.4 is 5.01 Å². The fourth-order valence-electron chi connectivity index (χ4n) is 2.16. The van der Waals surface area contributed by atoms with Gasteiger partial charge in [-0.25, -0.2) is 19.7 Å². The van der Waals surface area contributed by atoms with E-state index < -0.39 is 22.7 Å². The summed E-state index contributed by atoms with van der Waals surface area (Å²) in [5, 5.41) is 10.5. The van der Waals surface area contributed by atoms with Crippen molar-refractivity contribution in [2.75, 3.05) is 11.6 Å². The molecule has 0 fully saturated rings. The Morgan fingerprint density at radius 2 is 1.92 bits per heavy atom. The average Bonchev–Trinajstić information content (AvgIpc) is 2.45. The molecule has 0 aliphatic rings. The number of Topliss-reactive ketones (excluding diaryl/α,β-unsaturated/α-hetero) is 1. The van der Waals surface area contributed by atoms with Gasteiger partial charge < -0.3 is 9.47 Å². The van der Waals surface area contributed by atoms with Crippen LogP contribution in [0.4, 0.5) is 10.5 Å².